The van der Waals surface area contributed by atoms with E-state index in [1.54, 1.807) is 4.90 Å². The summed E-state index contributed by atoms with van der Waals surface area (Å²) in [6.07, 6.45) is 1.64. The molecule has 1 fully saturated rings. The molecule has 2 N–H and O–H groups in total. The Morgan fingerprint density at radius 2 is 1.83 bits per heavy atom. The van der Waals surface area contributed by atoms with Crippen molar-refractivity contribution < 1.29 is 23.9 Å². The molecule has 2 heterocycles. The molecular formula is C26H34N4O6. The maximum atomic E-state index is 12.8. The zero-order valence-corrected chi connectivity index (χ0v) is 21.2. The van der Waals surface area contributed by atoms with Crippen LogP contribution in [-0.2, 0) is 16.0 Å². The summed E-state index contributed by atoms with van der Waals surface area (Å²) in [7, 11) is 1.43. The second kappa shape index (κ2) is 11.9. The van der Waals surface area contributed by atoms with Crippen LogP contribution in [0.2, 0.25) is 0 Å². The van der Waals surface area contributed by atoms with Crippen LogP contribution < -0.4 is 16.2 Å². The van der Waals surface area contributed by atoms with Gasteiger partial charge in [0.25, 0.3) is 17.4 Å². The van der Waals surface area contributed by atoms with Gasteiger partial charge in [-0.1, -0.05) is 30.3 Å². The van der Waals surface area contributed by atoms with Gasteiger partial charge in [-0.25, -0.2) is 4.79 Å². The highest BCUT2D eigenvalue weighted by atomic mass is 16.6. The third kappa shape index (κ3) is 7.42. The standard InChI is InChI=1S/C26H34N4O6/c1-26(2,3)36-25(34)29-12-10-20(17-29)35-13-11-28-22(31)19-14-21(23(32)27-4)24(33)30(16-19)15-18-8-6-5-7-9-18/h5-9,14,16,20H,10-13,15,17H2,1-4H3,(H,27,32)(H,28,31). The number of benzene rings is 1. The third-order valence-corrected chi connectivity index (χ3v) is 5.55. The summed E-state index contributed by atoms with van der Waals surface area (Å²) in [5.74, 6) is -0.983. The number of amides is 3. The fourth-order valence-corrected chi connectivity index (χ4v) is 3.80. The average molecular weight is 499 g/mol. The van der Waals surface area contributed by atoms with Crippen molar-refractivity contribution in [2.24, 2.45) is 0 Å². The molecule has 0 bridgehead atoms. The highest BCUT2D eigenvalue weighted by Crippen LogP contribution is 2.17. The molecule has 2 aromatic rings. The Morgan fingerprint density at radius 3 is 2.50 bits per heavy atom. The molecule has 1 aliphatic heterocycles. The average Bonchev–Trinajstić information content (AvgIpc) is 3.31. The van der Waals surface area contributed by atoms with Crippen LogP contribution >= 0.6 is 0 Å². The Balaban J connectivity index is 1.57. The largest absolute Gasteiger partial charge is 0.444 e. The van der Waals surface area contributed by atoms with E-state index in [4.69, 9.17) is 9.47 Å². The predicted molar refractivity (Wildman–Crippen MR) is 134 cm³/mol. The van der Waals surface area contributed by atoms with Gasteiger partial charge in [0.2, 0.25) is 0 Å². The minimum atomic E-state index is -0.560. The molecule has 0 aliphatic carbocycles. The number of carbonyl (C=O) groups excluding carboxylic acids is 3. The van der Waals surface area contributed by atoms with Gasteiger partial charge in [0, 0.05) is 26.3 Å². The van der Waals surface area contributed by atoms with Gasteiger partial charge in [-0.05, 0) is 38.8 Å². The summed E-state index contributed by atoms with van der Waals surface area (Å²) in [5.41, 5.74) is -0.0764. The van der Waals surface area contributed by atoms with Crippen LogP contribution in [-0.4, -0.2) is 72.4 Å². The van der Waals surface area contributed by atoms with Crippen LogP contribution in [0.1, 0.15) is 53.5 Å². The number of ether oxygens (including phenoxy) is 2. The normalized spacial score (nSPS) is 15.4. The Kier molecular flexibility index (Phi) is 8.87. The maximum Gasteiger partial charge on any atom is 0.410 e. The zero-order valence-electron chi connectivity index (χ0n) is 21.2. The van der Waals surface area contributed by atoms with E-state index >= 15 is 0 Å². The topological polar surface area (TPSA) is 119 Å². The summed E-state index contributed by atoms with van der Waals surface area (Å²) >= 11 is 0. The van der Waals surface area contributed by atoms with Gasteiger partial charge in [0.15, 0.2) is 0 Å². The first-order valence-corrected chi connectivity index (χ1v) is 12.0. The molecule has 1 aromatic heterocycles. The van der Waals surface area contributed by atoms with Crippen LogP contribution in [0.25, 0.3) is 0 Å². The van der Waals surface area contributed by atoms with Crippen molar-refractivity contribution >= 4 is 17.9 Å². The Morgan fingerprint density at radius 1 is 1.11 bits per heavy atom. The van der Waals surface area contributed by atoms with E-state index in [0.717, 1.165) is 5.56 Å². The minimum absolute atomic E-state index is 0.106. The SMILES string of the molecule is CNC(=O)c1cc(C(=O)NCCOC2CCN(C(=O)OC(C)(C)C)C2)cn(Cc2ccccc2)c1=O. The van der Waals surface area contributed by atoms with Gasteiger partial charge < -0.3 is 29.6 Å². The van der Waals surface area contributed by atoms with Crippen molar-refractivity contribution in [3.63, 3.8) is 0 Å². The van der Waals surface area contributed by atoms with Gasteiger partial charge in [-0.3, -0.25) is 14.4 Å². The molecule has 194 valence electrons. The smallest absolute Gasteiger partial charge is 0.410 e. The highest BCUT2D eigenvalue weighted by Gasteiger charge is 2.30. The molecule has 1 unspecified atom stereocenters. The molecule has 1 aliphatic rings. The number of nitrogens with one attached hydrogen (secondary N) is 2. The monoisotopic (exact) mass is 498 g/mol. The molecular weight excluding hydrogens is 464 g/mol. The summed E-state index contributed by atoms with van der Waals surface area (Å²) in [6, 6.07) is 10.6. The number of likely N-dealkylation sites (tertiary alicyclic amines) is 1. The number of pyridine rings is 1. The van der Waals surface area contributed by atoms with E-state index < -0.39 is 23.0 Å². The van der Waals surface area contributed by atoms with Gasteiger partial charge >= 0.3 is 6.09 Å². The molecule has 1 atom stereocenters. The summed E-state index contributed by atoms with van der Waals surface area (Å²) in [6.45, 7) is 7.16. The lowest BCUT2D eigenvalue weighted by molar-refractivity contribution is 0.0214. The fourth-order valence-electron chi connectivity index (χ4n) is 3.80. The minimum Gasteiger partial charge on any atom is -0.444 e. The lowest BCUT2D eigenvalue weighted by Crippen LogP contribution is -2.36. The highest BCUT2D eigenvalue weighted by molar-refractivity contribution is 5.99. The van der Waals surface area contributed by atoms with E-state index in [2.05, 4.69) is 10.6 Å². The number of carbonyl (C=O) groups is 3. The lowest BCUT2D eigenvalue weighted by atomic mass is 10.1. The first-order valence-electron chi connectivity index (χ1n) is 12.0. The summed E-state index contributed by atoms with van der Waals surface area (Å²) in [4.78, 5) is 51.7. The van der Waals surface area contributed by atoms with Crippen LogP contribution in [0.15, 0.2) is 47.4 Å². The third-order valence-electron chi connectivity index (χ3n) is 5.55. The second-order valence-electron chi connectivity index (χ2n) is 9.60. The molecule has 0 saturated carbocycles. The van der Waals surface area contributed by atoms with E-state index in [-0.39, 0.29) is 43.0 Å². The van der Waals surface area contributed by atoms with E-state index in [1.807, 2.05) is 51.1 Å². The van der Waals surface area contributed by atoms with E-state index in [9.17, 15) is 19.2 Å². The van der Waals surface area contributed by atoms with Crippen LogP contribution in [0.4, 0.5) is 4.79 Å². The molecule has 1 aromatic carbocycles. The fraction of sp³-hybridized carbons (Fsp3) is 0.462. The van der Waals surface area contributed by atoms with Gasteiger partial charge in [-0.2, -0.15) is 0 Å². The van der Waals surface area contributed by atoms with Gasteiger partial charge in [0.05, 0.1) is 31.4 Å². The van der Waals surface area contributed by atoms with Crippen molar-refractivity contribution in [2.45, 2.75) is 45.4 Å². The molecule has 0 radical (unpaired) electrons. The van der Waals surface area contributed by atoms with Crippen LogP contribution in [0.3, 0.4) is 0 Å². The number of aromatic nitrogens is 1. The van der Waals surface area contributed by atoms with Crippen molar-refractivity contribution in [1.82, 2.24) is 20.1 Å². The van der Waals surface area contributed by atoms with Crippen molar-refractivity contribution in [3.8, 4) is 0 Å². The first-order chi connectivity index (χ1) is 17.1. The van der Waals surface area contributed by atoms with E-state index in [0.29, 0.717) is 19.5 Å². The van der Waals surface area contributed by atoms with Gasteiger partial charge in [0.1, 0.15) is 11.2 Å². The van der Waals surface area contributed by atoms with Crippen LogP contribution in [0, 0.1) is 0 Å². The first kappa shape index (κ1) is 26.9. The molecule has 36 heavy (non-hydrogen) atoms. The Hall–Kier alpha value is -3.66. The van der Waals surface area contributed by atoms with Crippen molar-refractivity contribution in [2.75, 3.05) is 33.3 Å². The molecule has 3 amide bonds. The molecule has 10 heteroatoms. The maximum absolute atomic E-state index is 12.8. The quantitative estimate of drug-likeness (QED) is 0.538. The second-order valence-corrected chi connectivity index (χ2v) is 9.60. The molecule has 1 saturated heterocycles. The zero-order chi connectivity index (χ0) is 26.3. The lowest BCUT2D eigenvalue weighted by Gasteiger charge is -2.24. The molecule has 0 spiro atoms. The molecule has 3 rings (SSSR count). The van der Waals surface area contributed by atoms with Crippen molar-refractivity contribution in [3.05, 3.63) is 69.6 Å². The predicted octanol–water partition coefficient (Wildman–Crippen LogP) is 2.01. The Bertz CT molecular complexity index is 1140. The number of rotatable bonds is 8. The van der Waals surface area contributed by atoms with Crippen molar-refractivity contribution in [1.29, 1.82) is 0 Å². The Labute approximate surface area is 210 Å². The summed E-state index contributed by atoms with van der Waals surface area (Å²) in [5, 5.41) is 5.21. The molecule has 10 nitrogen and oxygen atoms in total. The number of hydrogen-bond donors (Lipinski definition) is 2. The summed E-state index contributed by atoms with van der Waals surface area (Å²) < 4.78 is 12.6. The van der Waals surface area contributed by atoms with Crippen LogP contribution in [0.5, 0.6) is 0 Å². The van der Waals surface area contributed by atoms with Gasteiger partial charge in [-0.15, -0.1) is 0 Å². The number of hydrogen-bond acceptors (Lipinski definition) is 6. The number of nitrogens with zero attached hydrogens (tertiary/aromatic N) is 2. The van der Waals surface area contributed by atoms with E-state index in [1.165, 1.54) is 23.9 Å².